The Kier molecular flexibility index (Phi) is 6.61. The van der Waals surface area contributed by atoms with Crippen molar-refractivity contribution in [3.63, 3.8) is 0 Å². The average molecular weight is 444 g/mol. The smallest absolute Gasteiger partial charge is 0.345 e. The van der Waals surface area contributed by atoms with E-state index in [9.17, 15) is 28.1 Å². The number of nitro groups is 1. The molecule has 1 aliphatic heterocycles. The molecule has 164 valence electrons. The summed E-state index contributed by atoms with van der Waals surface area (Å²) in [6.45, 7) is 8.16. The second-order valence-electron chi connectivity index (χ2n) is 7.64. The highest BCUT2D eigenvalue weighted by Gasteiger charge is 2.30. The molecule has 7 nitrogen and oxygen atoms in total. The van der Waals surface area contributed by atoms with Gasteiger partial charge in [0.15, 0.2) is 5.13 Å². The summed E-state index contributed by atoms with van der Waals surface area (Å²) in [4.78, 5) is 31.6. The molecule has 0 aliphatic carbocycles. The molecular formula is C19H23F3N4O3S. The van der Waals surface area contributed by atoms with Crippen LogP contribution < -0.4 is 10.5 Å². The molecule has 0 spiro atoms. The Morgan fingerprint density at radius 3 is 2.50 bits per heavy atom. The molecule has 0 amide bonds. The first kappa shape index (κ1) is 22.4. The van der Waals surface area contributed by atoms with Crippen molar-refractivity contribution in [2.75, 3.05) is 37.6 Å². The molecule has 1 aliphatic rings. The third-order valence-electron chi connectivity index (χ3n) is 5.26. The highest BCUT2D eigenvalue weighted by molar-refractivity contribution is 7.22. The fraction of sp³-hybridized carbons (Fsp3) is 0.579. The molecule has 1 saturated heterocycles. The van der Waals surface area contributed by atoms with E-state index < -0.39 is 28.8 Å². The van der Waals surface area contributed by atoms with Crippen LogP contribution in [0.4, 0.5) is 24.0 Å². The third-order valence-corrected chi connectivity index (χ3v) is 6.43. The zero-order chi connectivity index (χ0) is 22.1. The lowest BCUT2D eigenvalue weighted by atomic mass is 10.1. The lowest BCUT2D eigenvalue weighted by molar-refractivity contribution is -0.382. The van der Waals surface area contributed by atoms with Crippen LogP contribution in [0, 0.1) is 16.0 Å². The van der Waals surface area contributed by atoms with Crippen LogP contribution in [-0.4, -0.2) is 53.7 Å². The molecule has 1 aromatic heterocycles. The van der Waals surface area contributed by atoms with Crippen LogP contribution in [0.15, 0.2) is 16.9 Å². The quantitative estimate of drug-likeness (QED) is 0.498. The molecule has 0 N–H and O–H groups in total. The molecular weight excluding hydrogens is 421 g/mol. The Morgan fingerprint density at radius 2 is 1.93 bits per heavy atom. The van der Waals surface area contributed by atoms with Crippen LogP contribution in [0.3, 0.4) is 0 Å². The maximum Gasteiger partial charge on any atom is 0.393 e. The number of aromatic nitrogens is 1. The second-order valence-corrected chi connectivity index (χ2v) is 8.62. The van der Waals surface area contributed by atoms with E-state index in [2.05, 4.69) is 23.7 Å². The first-order valence-electron chi connectivity index (χ1n) is 9.73. The van der Waals surface area contributed by atoms with E-state index in [1.165, 1.54) is 0 Å². The highest BCUT2D eigenvalue weighted by Crippen LogP contribution is 2.34. The van der Waals surface area contributed by atoms with Gasteiger partial charge in [-0.25, -0.2) is 0 Å². The monoisotopic (exact) mass is 444 g/mol. The van der Waals surface area contributed by atoms with E-state index in [1.807, 2.05) is 4.90 Å². The SMILES string of the molecule is CCC(C)CN1CCN(c2nc(=O)c3cc(CC(F)(F)F)cc([N+](=O)[O-])c3s2)CC1. The van der Waals surface area contributed by atoms with Crippen molar-refractivity contribution in [2.24, 2.45) is 5.92 Å². The summed E-state index contributed by atoms with van der Waals surface area (Å²) in [6.07, 6.45) is -4.78. The van der Waals surface area contributed by atoms with Crippen LogP contribution in [0.2, 0.25) is 0 Å². The summed E-state index contributed by atoms with van der Waals surface area (Å²) in [6, 6.07) is 1.97. The van der Waals surface area contributed by atoms with Crippen molar-refractivity contribution in [3.8, 4) is 0 Å². The lowest BCUT2D eigenvalue weighted by Gasteiger charge is -2.36. The van der Waals surface area contributed by atoms with E-state index in [1.54, 1.807) is 0 Å². The van der Waals surface area contributed by atoms with Crippen molar-refractivity contribution in [3.05, 3.63) is 38.2 Å². The minimum atomic E-state index is -4.53. The van der Waals surface area contributed by atoms with E-state index >= 15 is 0 Å². The molecule has 1 unspecified atom stereocenters. The Bertz CT molecular complexity index is 987. The number of hydrogen-bond acceptors (Lipinski definition) is 7. The summed E-state index contributed by atoms with van der Waals surface area (Å²) in [5.41, 5.74) is -1.56. The van der Waals surface area contributed by atoms with Gasteiger partial charge in [0.25, 0.3) is 11.2 Å². The summed E-state index contributed by atoms with van der Waals surface area (Å²) in [5, 5.41) is 11.7. The molecule has 1 fully saturated rings. The van der Waals surface area contributed by atoms with Gasteiger partial charge in [0.2, 0.25) is 0 Å². The molecule has 0 bridgehead atoms. The van der Waals surface area contributed by atoms with Crippen molar-refractivity contribution in [1.29, 1.82) is 0 Å². The summed E-state index contributed by atoms with van der Waals surface area (Å²) >= 11 is 0.982. The number of halogens is 3. The number of piperazine rings is 1. The number of nitrogens with zero attached hydrogens (tertiary/aromatic N) is 4. The number of hydrogen-bond donors (Lipinski definition) is 0. The predicted molar refractivity (Wildman–Crippen MR) is 110 cm³/mol. The Balaban J connectivity index is 1.92. The third kappa shape index (κ3) is 5.25. The minimum Gasteiger partial charge on any atom is -0.345 e. The van der Waals surface area contributed by atoms with Crippen LogP contribution in [0.1, 0.15) is 25.8 Å². The van der Waals surface area contributed by atoms with Crippen LogP contribution in [0.5, 0.6) is 0 Å². The molecule has 2 aromatic rings. The molecule has 3 rings (SSSR count). The molecule has 0 radical (unpaired) electrons. The maximum atomic E-state index is 12.7. The lowest BCUT2D eigenvalue weighted by Crippen LogP contribution is -2.47. The highest BCUT2D eigenvalue weighted by atomic mass is 32.1. The number of non-ortho nitro benzene ring substituents is 1. The van der Waals surface area contributed by atoms with Gasteiger partial charge in [-0.2, -0.15) is 18.2 Å². The van der Waals surface area contributed by atoms with Crippen molar-refractivity contribution < 1.29 is 18.1 Å². The van der Waals surface area contributed by atoms with Gasteiger partial charge >= 0.3 is 6.18 Å². The Labute approximate surface area is 175 Å². The van der Waals surface area contributed by atoms with Crippen molar-refractivity contribution in [1.82, 2.24) is 9.88 Å². The second kappa shape index (κ2) is 8.84. The first-order chi connectivity index (χ1) is 14.1. The first-order valence-corrected chi connectivity index (χ1v) is 10.5. The fourth-order valence-electron chi connectivity index (χ4n) is 3.50. The van der Waals surface area contributed by atoms with Gasteiger partial charge < -0.3 is 4.90 Å². The fourth-order valence-corrected chi connectivity index (χ4v) is 4.61. The summed E-state index contributed by atoms with van der Waals surface area (Å²) in [7, 11) is 0. The maximum absolute atomic E-state index is 12.7. The van der Waals surface area contributed by atoms with E-state index in [0.29, 0.717) is 24.1 Å². The van der Waals surface area contributed by atoms with Crippen LogP contribution in [0.25, 0.3) is 10.1 Å². The van der Waals surface area contributed by atoms with Crippen LogP contribution >= 0.6 is 11.3 Å². The number of anilines is 1. The average Bonchev–Trinajstić information content (AvgIpc) is 2.67. The topological polar surface area (TPSA) is 79.6 Å². The molecule has 2 heterocycles. The molecule has 11 heteroatoms. The number of rotatable bonds is 6. The number of nitro benzene ring substituents is 1. The normalized spacial score (nSPS) is 16.8. The van der Waals surface area contributed by atoms with E-state index in [-0.39, 0.29) is 15.6 Å². The van der Waals surface area contributed by atoms with Crippen LogP contribution in [-0.2, 0) is 6.42 Å². The Morgan fingerprint density at radius 1 is 1.27 bits per heavy atom. The molecule has 0 saturated carbocycles. The van der Waals surface area contributed by atoms with Crippen molar-refractivity contribution in [2.45, 2.75) is 32.9 Å². The number of alkyl halides is 3. The van der Waals surface area contributed by atoms with Gasteiger partial charge in [-0.15, -0.1) is 0 Å². The summed E-state index contributed by atoms with van der Waals surface area (Å²) < 4.78 is 38.3. The summed E-state index contributed by atoms with van der Waals surface area (Å²) in [5.74, 6) is 0.583. The van der Waals surface area contributed by atoms with Gasteiger partial charge in [0.05, 0.1) is 16.7 Å². The Hall–Kier alpha value is -2.27. The van der Waals surface area contributed by atoms with Gasteiger partial charge in [0, 0.05) is 38.8 Å². The standard InChI is InChI=1S/C19H23F3N4O3S/c1-3-12(2)11-24-4-6-25(7-5-24)18-23-17(27)14-8-13(10-19(20,21)22)9-15(26(28)29)16(14)30-18/h8-9,12H,3-7,10-11H2,1-2H3. The van der Waals surface area contributed by atoms with Gasteiger partial charge in [-0.3, -0.25) is 19.8 Å². The number of benzene rings is 1. The van der Waals surface area contributed by atoms with E-state index in [4.69, 9.17) is 0 Å². The molecule has 1 atom stereocenters. The predicted octanol–water partition coefficient (Wildman–Crippen LogP) is 3.84. The van der Waals surface area contributed by atoms with Gasteiger partial charge in [-0.1, -0.05) is 31.6 Å². The van der Waals surface area contributed by atoms with Gasteiger partial charge in [0.1, 0.15) is 4.70 Å². The minimum absolute atomic E-state index is 0.0583. The van der Waals surface area contributed by atoms with Gasteiger partial charge in [-0.05, 0) is 17.5 Å². The zero-order valence-electron chi connectivity index (χ0n) is 16.7. The zero-order valence-corrected chi connectivity index (χ0v) is 17.6. The van der Waals surface area contributed by atoms with E-state index in [0.717, 1.165) is 49.5 Å². The molecule has 30 heavy (non-hydrogen) atoms. The largest absolute Gasteiger partial charge is 0.393 e. The molecule has 1 aromatic carbocycles. The number of fused-ring (bicyclic) bond motifs is 1. The van der Waals surface area contributed by atoms with Crippen molar-refractivity contribution >= 4 is 32.2 Å².